The molecule has 0 aliphatic rings. The van der Waals surface area contributed by atoms with Crippen molar-refractivity contribution in [2.45, 2.75) is 80.7 Å². The highest BCUT2D eigenvalue weighted by Crippen LogP contribution is 2.46. The molecule has 0 spiro atoms. The van der Waals surface area contributed by atoms with Crippen LogP contribution >= 0.6 is 0 Å². The smallest absolute Gasteiger partial charge is 0.0181 e. The lowest BCUT2D eigenvalue weighted by Crippen LogP contribution is -2.38. The van der Waals surface area contributed by atoms with Crippen LogP contribution in [0.25, 0.3) is 0 Å². The van der Waals surface area contributed by atoms with Crippen LogP contribution in [0.1, 0.15) is 75.2 Å². The van der Waals surface area contributed by atoms with Crippen molar-refractivity contribution in [3.63, 3.8) is 0 Å². The van der Waals surface area contributed by atoms with E-state index in [-0.39, 0.29) is 16.4 Å². The zero-order valence-corrected chi connectivity index (χ0v) is 17.8. The normalized spacial score (nSPS) is 16.2. The van der Waals surface area contributed by atoms with E-state index < -0.39 is 0 Å². The molecule has 0 aliphatic carbocycles. The van der Waals surface area contributed by atoms with Gasteiger partial charge in [0.1, 0.15) is 0 Å². The minimum absolute atomic E-state index is 0.185. The van der Waals surface area contributed by atoms with Crippen LogP contribution in [0.2, 0.25) is 0 Å². The molecule has 0 heterocycles. The standard InChI is InChI=1S/C22H43N/c1-12-14-19(18(2)3)17-21(6,7)20(4,5)15-13-16-22(8,9)23(10)11/h12-15,18-19H,16-17H2,1-11H3/b14-12-,15-13+. The Hall–Kier alpha value is -0.560. The predicted octanol–water partition coefficient (Wildman–Crippen LogP) is 6.56. The second kappa shape index (κ2) is 8.51. The summed E-state index contributed by atoms with van der Waals surface area (Å²) in [6.07, 6.45) is 11.8. The van der Waals surface area contributed by atoms with Gasteiger partial charge in [-0.1, -0.05) is 65.8 Å². The van der Waals surface area contributed by atoms with Crippen molar-refractivity contribution in [2.75, 3.05) is 14.1 Å². The third-order valence-corrected chi connectivity index (χ3v) is 6.15. The molecule has 0 aromatic rings. The summed E-state index contributed by atoms with van der Waals surface area (Å²) in [4.78, 5) is 2.30. The summed E-state index contributed by atoms with van der Waals surface area (Å²) >= 11 is 0. The third kappa shape index (κ3) is 6.83. The second-order valence-corrected chi connectivity index (χ2v) is 9.56. The van der Waals surface area contributed by atoms with E-state index in [1.54, 1.807) is 0 Å². The number of rotatable bonds is 9. The molecule has 0 saturated heterocycles. The molecule has 1 unspecified atom stereocenters. The van der Waals surface area contributed by atoms with Crippen LogP contribution in [0.5, 0.6) is 0 Å². The SMILES string of the molecule is C/C=C\C(CC(C)(C)C(C)(C)/C=C/CC(C)(C)N(C)C)C(C)C. The lowest BCUT2D eigenvalue weighted by Gasteiger charge is -2.43. The molecule has 0 rings (SSSR count). The highest BCUT2D eigenvalue weighted by Gasteiger charge is 2.36. The van der Waals surface area contributed by atoms with E-state index in [0.717, 1.165) is 6.42 Å². The molecule has 0 radical (unpaired) electrons. The first-order chi connectivity index (χ1) is 10.3. The van der Waals surface area contributed by atoms with E-state index in [4.69, 9.17) is 0 Å². The predicted molar refractivity (Wildman–Crippen MR) is 107 cm³/mol. The van der Waals surface area contributed by atoms with Crippen molar-refractivity contribution >= 4 is 0 Å². The van der Waals surface area contributed by atoms with Crippen LogP contribution in [0.4, 0.5) is 0 Å². The van der Waals surface area contributed by atoms with Gasteiger partial charge in [0.15, 0.2) is 0 Å². The Balaban J connectivity index is 5.08. The average molecular weight is 322 g/mol. The highest BCUT2D eigenvalue weighted by molar-refractivity contribution is 5.06. The van der Waals surface area contributed by atoms with Gasteiger partial charge in [-0.15, -0.1) is 0 Å². The Bertz CT molecular complexity index is 394. The van der Waals surface area contributed by atoms with Crippen molar-refractivity contribution in [1.82, 2.24) is 4.90 Å². The molecule has 0 fully saturated rings. The van der Waals surface area contributed by atoms with Crippen molar-refractivity contribution in [2.24, 2.45) is 22.7 Å². The Labute approximate surface area is 147 Å². The average Bonchev–Trinajstić information content (AvgIpc) is 2.36. The van der Waals surface area contributed by atoms with Gasteiger partial charge >= 0.3 is 0 Å². The summed E-state index contributed by atoms with van der Waals surface area (Å²) in [6.45, 7) is 21.0. The monoisotopic (exact) mass is 321 g/mol. The number of allylic oxidation sites excluding steroid dienone is 3. The molecule has 1 heteroatoms. The number of hydrogen-bond acceptors (Lipinski definition) is 1. The first-order valence-electron chi connectivity index (χ1n) is 9.25. The maximum atomic E-state index is 2.45. The van der Waals surface area contributed by atoms with Gasteiger partial charge in [-0.25, -0.2) is 0 Å². The maximum absolute atomic E-state index is 2.45. The Morgan fingerprint density at radius 3 is 1.87 bits per heavy atom. The lowest BCUT2D eigenvalue weighted by molar-refractivity contribution is 0.121. The summed E-state index contributed by atoms with van der Waals surface area (Å²) in [5.74, 6) is 1.35. The van der Waals surface area contributed by atoms with Gasteiger partial charge in [0.05, 0.1) is 0 Å². The number of nitrogens with zero attached hydrogens (tertiary/aromatic N) is 1. The van der Waals surface area contributed by atoms with E-state index in [1.165, 1.54) is 6.42 Å². The fraction of sp³-hybridized carbons (Fsp3) is 0.818. The second-order valence-electron chi connectivity index (χ2n) is 9.56. The van der Waals surface area contributed by atoms with Gasteiger partial charge in [-0.2, -0.15) is 0 Å². The van der Waals surface area contributed by atoms with Crippen LogP contribution in [-0.4, -0.2) is 24.5 Å². The fourth-order valence-corrected chi connectivity index (χ4v) is 2.68. The molecule has 1 nitrogen and oxygen atoms in total. The van der Waals surface area contributed by atoms with Crippen molar-refractivity contribution < 1.29 is 0 Å². The van der Waals surface area contributed by atoms with E-state index >= 15 is 0 Å². The molecule has 1 atom stereocenters. The Kier molecular flexibility index (Phi) is 8.30. The van der Waals surface area contributed by atoms with Crippen molar-refractivity contribution in [1.29, 1.82) is 0 Å². The maximum Gasteiger partial charge on any atom is 0.0181 e. The van der Waals surface area contributed by atoms with Gasteiger partial charge < -0.3 is 4.90 Å². The topological polar surface area (TPSA) is 3.24 Å². The van der Waals surface area contributed by atoms with E-state index in [9.17, 15) is 0 Å². The van der Waals surface area contributed by atoms with Crippen LogP contribution in [0, 0.1) is 22.7 Å². The van der Waals surface area contributed by atoms with Gasteiger partial charge in [-0.3, -0.25) is 0 Å². The minimum atomic E-state index is 0.185. The van der Waals surface area contributed by atoms with Crippen LogP contribution in [0.3, 0.4) is 0 Å². The molecule has 0 N–H and O–H groups in total. The molecule has 0 aliphatic heterocycles. The Morgan fingerprint density at radius 1 is 0.957 bits per heavy atom. The summed E-state index contributed by atoms with van der Waals surface area (Å²) in [6, 6.07) is 0. The van der Waals surface area contributed by atoms with E-state index in [0.29, 0.717) is 11.8 Å². The van der Waals surface area contributed by atoms with Gasteiger partial charge in [0.2, 0.25) is 0 Å². The molecule has 0 aromatic heterocycles. The van der Waals surface area contributed by atoms with Crippen molar-refractivity contribution in [3.05, 3.63) is 24.3 Å². The zero-order chi connectivity index (χ0) is 18.5. The van der Waals surface area contributed by atoms with Gasteiger partial charge in [0.25, 0.3) is 0 Å². The molecule has 136 valence electrons. The molecular formula is C22H43N. The van der Waals surface area contributed by atoms with Crippen LogP contribution in [0.15, 0.2) is 24.3 Å². The van der Waals surface area contributed by atoms with E-state index in [2.05, 4.69) is 106 Å². The first-order valence-corrected chi connectivity index (χ1v) is 9.25. The Morgan fingerprint density at radius 2 is 1.48 bits per heavy atom. The fourth-order valence-electron chi connectivity index (χ4n) is 2.68. The van der Waals surface area contributed by atoms with Gasteiger partial charge in [-0.05, 0) is 70.4 Å². The lowest BCUT2D eigenvalue weighted by atomic mass is 9.62. The number of hydrogen-bond donors (Lipinski definition) is 0. The molecular weight excluding hydrogens is 278 g/mol. The summed E-state index contributed by atoms with van der Waals surface area (Å²) in [7, 11) is 4.32. The zero-order valence-electron chi connectivity index (χ0n) is 17.8. The first kappa shape index (κ1) is 22.4. The van der Waals surface area contributed by atoms with Gasteiger partial charge in [0, 0.05) is 5.54 Å². The molecule has 0 bridgehead atoms. The molecule has 23 heavy (non-hydrogen) atoms. The largest absolute Gasteiger partial charge is 0.304 e. The molecule has 0 aromatic carbocycles. The van der Waals surface area contributed by atoms with E-state index in [1.807, 2.05) is 0 Å². The van der Waals surface area contributed by atoms with Crippen molar-refractivity contribution in [3.8, 4) is 0 Å². The highest BCUT2D eigenvalue weighted by atomic mass is 15.1. The molecule has 0 amide bonds. The molecule has 0 saturated carbocycles. The van der Waals surface area contributed by atoms with Crippen LogP contribution in [-0.2, 0) is 0 Å². The quantitative estimate of drug-likeness (QED) is 0.434. The summed E-state index contributed by atoms with van der Waals surface area (Å²) < 4.78 is 0. The summed E-state index contributed by atoms with van der Waals surface area (Å²) in [5, 5.41) is 0. The van der Waals surface area contributed by atoms with Crippen LogP contribution < -0.4 is 0 Å². The third-order valence-electron chi connectivity index (χ3n) is 6.15. The minimum Gasteiger partial charge on any atom is -0.304 e. The summed E-state index contributed by atoms with van der Waals surface area (Å²) in [5.41, 5.74) is 0.659.